The SMILES string of the molecule is O=C1c2oc3ccc(Cl)cc3c(=O)c2C(c2ccc(O)cc2)N1c1ccc(Cl)cn1. The maximum Gasteiger partial charge on any atom is 0.296 e. The standard InChI is InChI=1S/C22H12Cl2N2O4/c23-12-3-7-16-15(9-12)20(28)18-19(11-1-5-14(27)6-2-11)26(22(29)21(18)30-16)17-8-4-13(24)10-25-17/h1-10,19,27H. The lowest BCUT2D eigenvalue weighted by Crippen LogP contribution is -2.30. The normalized spacial score (nSPS) is 15.6. The van der Waals surface area contributed by atoms with E-state index in [0.29, 0.717) is 21.4 Å². The molecule has 1 atom stereocenters. The summed E-state index contributed by atoms with van der Waals surface area (Å²) >= 11 is 12.0. The lowest BCUT2D eigenvalue weighted by atomic mass is 9.98. The number of benzene rings is 2. The fourth-order valence-corrected chi connectivity index (χ4v) is 3.95. The molecule has 0 saturated carbocycles. The van der Waals surface area contributed by atoms with Gasteiger partial charge in [0.15, 0.2) is 5.43 Å². The van der Waals surface area contributed by atoms with Crippen molar-refractivity contribution in [3.63, 3.8) is 0 Å². The Hall–Kier alpha value is -3.35. The van der Waals surface area contributed by atoms with Crippen LogP contribution in [0.3, 0.4) is 0 Å². The molecule has 6 nitrogen and oxygen atoms in total. The molecule has 8 heteroatoms. The quantitative estimate of drug-likeness (QED) is 0.478. The Balaban J connectivity index is 1.81. The first-order valence-corrected chi connectivity index (χ1v) is 9.70. The number of halogens is 2. The van der Waals surface area contributed by atoms with Crippen LogP contribution in [0, 0.1) is 0 Å². The Bertz CT molecular complexity index is 1370. The molecule has 30 heavy (non-hydrogen) atoms. The first-order valence-electron chi connectivity index (χ1n) is 8.94. The maximum atomic E-state index is 13.4. The molecule has 2 aromatic heterocycles. The molecular weight excluding hydrogens is 427 g/mol. The van der Waals surface area contributed by atoms with E-state index in [1.54, 1.807) is 36.4 Å². The summed E-state index contributed by atoms with van der Waals surface area (Å²) in [5, 5.41) is 10.8. The number of rotatable bonds is 2. The van der Waals surface area contributed by atoms with Gasteiger partial charge in [0, 0.05) is 11.2 Å². The number of aromatic hydroxyl groups is 1. The van der Waals surface area contributed by atoms with Crippen molar-refractivity contribution < 1.29 is 14.3 Å². The fourth-order valence-electron chi connectivity index (χ4n) is 3.66. The number of phenols is 1. The molecule has 0 aliphatic carbocycles. The van der Waals surface area contributed by atoms with Crippen molar-refractivity contribution in [3.05, 3.63) is 97.9 Å². The molecule has 148 valence electrons. The molecule has 0 radical (unpaired) electrons. The molecule has 2 aromatic carbocycles. The second-order valence-electron chi connectivity index (χ2n) is 6.82. The summed E-state index contributed by atoms with van der Waals surface area (Å²) in [6.07, 6.45) is 1.42. The van der Waals surface area contributed by atoms with Gasteiger partial charge in [-0.25, -0.2) is 4.98 Å². The van der Waals surface area contributed by atoms with E-state index in [4.69, 9.17) is 27.6 Å². The minimum Gasteiger partial charge on any atom is -0.508 e. The van der Waals surface area contributed by atoms with Crippen molar-refractivity contribution in [1.29, 1.82) is 0 Å². The number of hydrogen-bond acceptors (Lipinski definition) is 5. The van der Waals surface area contributed by atoms with Gasteiger partial charge in [0.1, 0.15) is 17.2 Å². The van der Waals surface area contributed by atoms with E-state index in [1.807, 2.05) is 0 Å². The van der Waals surface area contributed by atoms with Crippen LogP contribution in [0.4, 0.5) is 5.82 Å². The molecule has 1 aliphatic heterocycles. The molecule has 5 rings (SSSR count). The summed E-state index contributed by atoms with van der Waals surface area (Å²) in [7, 11) is 0. The molecule has 0 bridgehead atoms. The second kappa shape index (κ2) is 6.86. The highest BCUT2D eigenvalue weighted by Crippen LogP contribution is 2.41. The number of nitrogens with zero attached hydrogens (tertiary/aromatic N) is 2. The van der Waals surface area contributed by atoms with Crippen molar-refractivity contribution in [2.45, 2.75) is 6.04 Å². The van der Waals surface area contributed by atoms with Crippen LogP contribution in [0.2, 0.25) is 10.0 Å². The summed E-state index contributed by atoms with van der Waals surface area (Å²) in [6, 6.07) is 13.4. The van der Waals surface area contributed by atoms with Crippen LogP contribution in [-0.4, -0.2) is 16.0 Å². The number of fused-ring (bicyclic) bond motifs is 2. The van der Waals surface area contributed by atoms with Crippen molar-refractivity contribution >= 4 is 45.9 Å². The zero-order valence-electron chi connectivity index (χ0n) is 15.2. The predicted molar refractivity (Wildman–Crippen MR) is 114 cm³/mol. The Kier molecular flexibility index (Phi) is 4.27. The molecule has 0 saturated heterocycles. The smallest absolute Gasteiger partial charge is 0.296 e. The topological polar surface area (TPSA) is 83.6 Å². The molecule has 0 spiro atoms. The monoisotopic (exact) mass is 438 g/mol. The molecule has 1 N–H and O–H groups in total. The van der Waals surface area contributed by atoms with Gasteiger partial charge in [0.2, 0.25) is 5.76 Å². The molecule has 3 heterocycles. The summed E-state index contributed by atoms with van der Waals surface area (Å²) in [6.45, 7) is 0. The second-order valence-corrected chi connectivity index (χ2v) is 7.69. The van der Waals surface area contributed by atoms with Crippen LogP contribution in [0.15, 0.2) is 70.0 Å². The third kappa shape index (κ3) is 2.84. The zero-order chi connectivity index (χ0) is 21.0. The van der Waals surface area contributed by atoms with Gasteiger partial charge >= 0.3 is 0 Å². The third-order valence-corrected chi connectivity index (χ3v) is 5.46. The maximum absolute atomic E-state index is 13.4. The van der Waals surface area contributed by atoms with E-state index in [-0.39, 0.29) is 33.5 Å². The van der Waals surface area contributed by atoms with Gasteiger partial charge in [-0.15, -0.1) is 0 Å². The van der Waals surface area contributed by atoms with Gasteiger partial charge in [-0.1, -0.05) is 35.3 Å². The number of aromatic nitrogens is 1. The van der Waals surface area contributed by atoms with Crippen LogP contribution in [0.1, 0.15) is 27.7 Å². The number of phenolic OH excluding ortho intramolecular Hbond substituents is 1. The highest BCUT2D eigenvalue weighted by Gasteiger charge is 2.44. The molecule has 4 aromatic rings. The number of hydrogen-bond donors (Lipinski definition) is 1. The van der Waals surface area contributed by atoms with Gasteiger partial charge in [-0.2, -0.15) is 0 Å². The van der Waals surface area contributed by atoms with Crippen molar-refractivity contribution in [2.24, 2.45) is 0 Å². The van der Waals surface area contributed by atoms with Crippen LogP contribution in [-0.2, 0) is 0 Å². The lowest BCUT2D eigenvalue weighted by Gasteiger charge is -2.24. The number of amides is 1. The average Bonchev–Trinajstić information content (AvgIpc) is 3.03. The highest BCUT2D eigenvalue weighted by atomic mass is 35.5. The highest BCUT2D eigenvalue weighted by molar-refractivity contribution is 6.31. The molecule has 0 fully saturated rings. The Morgan fingerprint density at radius 2 is 1.70 bits per heavy atom. The summed E-state index contributed by atoms with van der Waals surface area (Å²) in [4.78, 5) is 32.4. The minimum absolute atomic E-state index is 0.0513. The van der Waals surface area contributed by atoms with Crippen molar-refractivity contribution in [1.82, 2.24) is 4.98 Å². The van der Waals surface area contributed by atoms with E-state index in [2.05, 4.69) is 4.98 Å². The van der Waals surface area contributed by atoms with Crippen LogP contribution in [0.25, 0.3) is 11.0 Å². The zero-order valence-corrected chi connectivity index (χ0v) is 16.7. The van der Waals surface area contributed by atoms with Gasteiger partial charge in [0.25, 0.3) is 5.91 Å². The molecule has 1 amide bonds. The number of pyridine rings is 1. The van der Waals surface area contributed by atoms with Gasteiger partial charge < -0.3 is 9.52 Å². The number of anilines is 1. The average molecular weight is 439 g/mol. The minimum atomic E-state index is -0.790. The van der Waals surface area contributed by atoms with Crippen LogP contribution >= 0.6 is 23.2 Å². The van der Waals surface area contributed by atoms with Crippen molar-refractivity contribution in [3.8, 4) is 5.75 Å². The summed E-state index contributed by atoms with van der Waals surface area (Å²) < 4.78 is 5.85. The Morgan fingerprint density at radius 1 is 0.967 bits per heavy atom. The summed E-state index contributed by atoms with van der Waals surface area (Å²) in [5.41, 5.74) is 0.728. The first-order chi connectivity index (χ1) is 14.4. The molecule has 1 aliphatic rings. The lowest BCUT2D eigenvalue weighted by molar-refractivity contribution is 0.0970. The Labute approximate surface area is 179 Å². The summed E-state index contributed by atoms with van der Waals surface area (Å²) in [5.74, 6) is -0.163. The van der Waals surface area contributed by atoms with E-state index in [0.717, 1.165) is 0 Å². The number of carbonyl (C=O) groups excluding carboxylic acids is 1. The fraction of sp³-hybridized carbons (Fsp3) is 0.0455. The van der Waals surface area contributed by atoms with Crippen LogP contribution in [0.5, 0.6) is 5.75 Å². The number of carbonyl (C=O) groups is 1. The largest absolute Gasteiger partial charge is 0.508 e. The predicted octanol–water partition coefficient (Wildman–Crippen LogP) is 4.95. The van der Waals surface area contributed by atoms with Crippen LogP contribution < -0.4 is 10.3 Å². The van der Waals surface area contributed by atoms with E-state index in [1.165, 1.54) is 29.3 Å². The molecule has 1 unspecified atom stereocenters. The first kappa shape index (κ1) is 18.7. The van der Waals surface area contributed by atoms with Gasteiger partial charge in [-0.3, -0.25) is 14.5 Å². The van der Waals surface area contributed by atoms with Gasteiger partial charge in [0.05, 0.1) is 22.0 Å². The van der Waals surface area contributed by atoms with E-state index in [9.17, 15) is 14.7 Å². The third-order valence-electron chi connectivity index (χ3n) is 5.00. The molecular formula is C22H12Cl2N2O4. The van der Waals surface area contributed by atoms with Gasteiger partial charge in [-0.05, 0) is 48.0 Å². The van der Waals surface area contributed by atoms with E-state index >= 15 is 0 Å². The van der Waals surface area contributed by atoms with Crippen molar-refractivity contribution in [2.75, 3.05) is 4.90 Å². The van der Waals surface area contributed by atoms with E-state index < -0.39 is 11.9 Å². The Morgan fingerprint density at radius 3 is 2.40 bits per heavy atom.